The van der Waals surface area contributed by atoms with Gasteiger partial charge in [0.15, 0.2) is 17.5 Å². The van der Waals surface area contributed by atoms with Crippen LogP contribution < -0.4 is 20.1 Å². The summed E-state index contributed by atoms with van der Waals surface area (Å²) in [5, 5.41) is 6.67. The van der Waals surface area contributed by atoms with Crippen molar-refractivity contribution < 1.29 is 9.47 Å². The standard InChI is InChI=1S/C17H29N3O2S.HI/c1-7-18-16(20-12-17(2,3)23-6)19-11-13-9-8-10-14(21-4)15(13)22-5;/h8-10H,7,11-12H2,1-6H3,(H2,18,19,20);1H. The summed E-state index contributed by atoms with van der Waals surface area (Å²) in [6.45, 7) is 8.66. The molecule has 0 unspecified atom stereocenters. The van der Waals surface area contributed by atoms with Crippen molar-refractivity contribution in [2.75, 3.05) is 33.6 Å². The second-order valence-electron chi connectivity index (χ2n) is 5.67. The summed E-state index contributed by atoms with van der Waals surface area (Å²) < 4.78 is 10.9. The van der Waals surface area contributed by atoms with E-state index in [0.717, 1.165) is 36.1 Å². The SMILES string of the molecule is CCNC(=NCc1cccc(OC)c1OC)NCC(C)(C)SC.I. The number of halogens is 1. The summed E-state index contributed by atoms with van der Waals surface area (Å²) in [6.07, 6.45) is 2.12. The minimum Gasteiger partial charge on any atom is -0.493 e. The number of nitrogens with one attached hydrogen (secondary N) is 2. The molecule has 138 valence electrons. The topological polar surface area (TPSA) is 54.9 Å². The molecular weight excluding hydrogens is 437 g/mol. The number of guanidine groups is 1. The van der Waals surface area contributed by atoms with Crippen LogP contribution in [0.25, 0.3) is 0 Å². The highest BCUT2D eigenvalue weighted by atomic mass is 127. The van der Waals surface area contributed by atoms with E-state index in [1.165, 1.54) is 0 Å². The van der Waals surface area contributed by atoms with E-state index in [0.29, 0.717) is 6.54 Å². The van der Waals surface area contributed by atoms with Crippen molar-refractivity contribution in [3.05, 3.63) is 23.8 Å². The van der Waals surface area contributed by atoms with Gasteiger partial charge in [-0.3, -0.25) is 0 Å². The Labute approximate surface area is 167 Å². The molecule has 0 saturated carbocycles. The highest BCUT2D eigenvalue weighted by molar-refractivity contribution is 14.0. The Bertz CT molecular complexity index is 525. The molecular formula is C17H30IN3O2S. The molecule has 0 aliphatic heterocycles. The van der Waals surface area contributed by atoms with Crippen molar-refractivity contribution in [1.29, 1.82) is 0 Å². The second kappa shape index (κ2) is 11.7. The van der Waals surface area contributed by atoms with Crippen LogP contribution in [0.4, 0.5) is 0 Å². The first-order valence-electron chi connectivity index (χ1n) is 7.74. The highest BCUT2D eigenvalue weighted by Gasteiger charge is 2.16. The molecule has 1 rings (SSSR count). The first kappa shape index (κ1) is 23.2. The first-order valence-corrected chi connectivity index (χ1v) is 8.97. The van der Waals surface area contributed by atoms with Gasteiger partial charge in [-0.05, 0) is 33.1 Å². The summed E-state index contributed by atoms with van der Waals surface area (Å²) in [5.41, 5.74) is 0.994. The van der Waals surface area contributed by atoms with Gasteiger partial charge < -0.3 is 20.1 Å². The van der Waals surface area contributed by atoms with Crippen molar-refractivity contribution in [2.24, 2.45) is 4.99 Å². The molecule has 0 atom stereocenters. The van der Waals surface area contributed by atoms with Gasteiger partial charge in [0.1, 0.15) is 0 Å². The monoisotopic (exact) mass is 467 g/mol. The Morgan fingerprint density at radius 2 is 1.92 bits per heavy atom. The molecule has 0 spiro atoms. The van der Waals surface area contributed by atoms with Gasteiger partial charge in [0.05, 0.1) is 20.8 Å². The fourth-order valence-electron chi connectivity index (χ4n) is 1.95. The molecule has 7 heteroatoms. The maximum atomic E-state index is 5.45. The number of benzene rings is 1. The van der Waals surface area contributed by atoms with Crippen LogP contribution in [0.3, 0.4) is 0 Å². The van der Waals surface area contributed by atoms with Crippen molar-refractivity contribution in [2.45, 2.75) is 32.1 Å². The summed E-state index contributed by atoms with van der Waals surface area (Å²) in [7, 11) is 3.29. The zero-order valence-electron chi connectivity index (χ0n) is 15.4. The van der Waals surface area contributed by atoms with E-state index >= 15 is 0 Å². The molecule has 24 heavy (non-hydrogen) atoms. The fourth-order valence-corrected chi connectivity index (χ4v) is 2.17. The summed E-state index contributed by atoms with van der Waals surface area (Å²) in [6, 6.07) is 5.83. The maximum absolute atomic E-state index is 5.45. The average molecular weight is 467 g/mol. The Morgan fingerprint density at radius 1 is 1.21 bits per heavy atom. The summed E-state index contributed by atoms with van der Waals surface area (Å²) in [5.74, 6) is 2.26. The second-order valence-corrected chi connectivity index (χ2v) is 7.18. The molecule has 1 aromatic rings. The van der Waals surface area contributed by atoms with E-state index in [4.69, 9.17) is 9.47 Å². The Morgan fingerprint density at radius 3 is 2.46 bits per heavy atom. The van der Waals surface area contributed by atoms with Gasteiger partial charge in [-0.15, -0.1) is 24.0 Å². The molecule has 0 aliphatic rings. The van der Waals surface area contributed by atoms with E-state index in [-0.39, 0.29) is 28.7 Å². The first-order chi connectivity index (χ1) is 11.0. The molecule has 0 bridgehead atoms. The number of methoxy groups -OCH3 is 2. The molecule has 2 N–H and O–H groups in total. The van der Waals surface area contributed by atoms with Crippen LogP contribution >= 0.6 is 35.7 Å². The van der Waals surface area contributed by atoms with Gasteiger partial charge in [-0.25, -0.2) is 4.99 Å². The van der Waals surface area contributed by atoms with Crippen molar-refractivity contribution in [3.63, 3.8) is 0 Å². The smallest absolute Gasteiger partial charge is 0.191 e. The molecule has 5 nitrogen and oxygen atoms in total. The van der Waals surface area contributed by atoms with Gasteiger partial charge in [-0.1, -0.05) is 12.1 Å². The lowest BCUT2D eigenvalue weighted by Gasteiger charge is -2.23. The quantitative estimate of drug-likeness (QED) is 0.348. The van der Waals surface area contributed by atoms with Crippen molar-refractivity contribution in [3.8, 4) is 11.5 Å². The third-order valence-corrected chi connectivity index (χ3v) is 4.72. The van der Waals surface area contributed by atoms with E-state index in [2.05, 4.69) is 42.7 Å². The van der Waals surface area contributed by atoms with Crippen molar-refractivity contribution >= 4 is 41.7 Å². The third-order valence-electron chi connectivity index (χ3n) is 3.47. The van der Waals surface area contributed by atoms with Crippen LogP contribution in [0.2, 0.25) is 0 Å². The number of ether oxygens (including phenoxy) is 2. The van der Waals surface area contributed by atoms with E-state index < -0.39 is 0 Å². The van der Waals surface area contributed by atoms with Crippen molar-refractivity contribution in [1.82, 2.24) is 10.6 Å². The van der Waals surface area contributed by atoms with Crippen LogP contribution in [-0.4, -0.2) is 44.3 Å². The Hall–Kier alpha value is -0.830. The molecule has 0 amide bonds. The lowest BCUT2D eigenvalue weighted by atomic mass is 10.2. The van der Waals surface area contributed by atoms with E-state index in [1.807, 2.05) is 30.0 Å². The lowest BCUT2D eigenvalue weighted by Crippen LogP contribution is -2.43. The van der Waals surface area contributed by atoms with Gasteiger partial charge in [0, 0.05) is 23.4 Å². The normalized spacial score (nSPS) is 11.5. The van der Waals surface area contributed by atoms with Crippen LogP contribution in [0.5, 0.6) is 11.5 Å². The van der Waals surface area contributed by atoms with Crippen LogP contribution in [0.15, 0.2) is 23.2 Å². The molecule has 0 aliphatic carbocycles. The number of thioether (sulfide) groups is 1. The zero-order chi connectivity index (χ0) is 17.3. The van der Waals surface area contributed by atoms with Crippen LogP contribution in [-0.2, 0) is 6.54 Å². The molecule has 0 heterocycles. The largest absolute Gasteiger partial charge is 0.493 e. The number of nitrogens with zero attached hydrogens (tertiary/aromatic N) is 1. The van der Waals surface area contributed by atoms with Crippen LogP contribution in [0, 0.1) is 0 Å². The maximum Gasteiger partial charge on any atom is 0.191 e. The van der Waals surface area contributed by atoms with Gasteiger partial charge >= 0.3 is 0 Å². The summed E-state index contributed by atoms with van der Waals surface area (Å²) in [4.78, 5) is 4.65. The molecule has 1 aromatic carbocycles. The fraction of sp³-hybridized carbons (Fsp3) is 0.588. The van der Waals surface area contributed by atoms with Gasteiger partial charge in [0.2, 0.25) is 0 Å². The lowest BCUT2D eigenvalue weighted by molar-refractivity contribution is 0.352. The van der Waals surface area contributed by atoms with E-state index in [1.54, 1.807) is 14.2 Å². The number of hydrogen-bond donors (Lipinski definition) is 2. The minimum atomic E-state index is 0. The molecule has 0 saturated heterocycles. The predicted octanol–water partition coefficient (Wildman–Crippen LogP) is 3.52. The number of para-hydroxylation sites is 1. The number of rotatable bonds is 8. The Balaban J connectivity index is 0.00000529. The summed E-state index contributed by atoms with van der Waals surface area (Å²) >= 11 is 1.83. The average Bonchev–Trinajstić information content (AvgIpc) is 2.56. The third kappa shape index (κ3) is 7.38. The highest BCUT2D eigenvalue weighted by Crippen LogP contribution is 2.31. The molecule has 0 fully saturated rings. The number of hydrogen-bond acceptors (Lipinski definition) is 4. The van der Waals surface area contributed by atoms with E-state index in [9.17, 15) is 0 Å². The molecule has 0 radical (unpaired) electrons. The minimum absolute atomic E-state index is 0. The number of aliphatic imine (C=N–C) groups is 1. The zero-order valence-corrected chi connectivity index (χ0v) is 18.6. The van der Waals surface area contributed by atoms with Gasteiger partial charge in [-0.2, -0.15) is 11.8 Å². The molecule has 0 aromatic heterocycles. The predicted molar refractivity (Wildman–Crippen MR) is 115 cm³/mol. The van der Waals surface area contributed by atoms with Gasteiger partial charge in [0.25, 0.3) is 0 Å². The van der Waals surface area contributed by atoms with Crippen LogP contribution in [0.1, 0.15) is 26.3 Å². The Kier molecular flexibility index (Phi) is 11.3.